The predicted molar refractivity (Wildman–Crippen MR) is 57.2 cm³/mol. The van der Waals surface area contributed by atoms with Crippen molar-refractivity contribution in [2.45, 2.75) is 43.9 Å². The monoisotopic (exact) mass is 260 g/mol. The molecule has 5 atom stereocenters. The second-order valence-corrected chi connectivity index (χ2v) is 4.54. The van der Waals surface area contributed by atoms with Crippen LogP contribution in [0.3, 0.4) is 0 Å². The van der Waals surface area contributed by atoms with Crippen molar-refractivity contribution in [2.24, 2.45) is 0 Å². The summed E-state index contributed by atoms with van der Waals surface area (Å²) in [6, 6.07) is -1.12. The lowest BCUT2D eigenvalue weighted by Crippen LogP contribution is -2.60. The molecule has 0 aromatic rings. The highest BCUT2D eigenvalue weighted by Gasteiger charge is 2.49. The molecule has 2 aliphatic rings. The summed E-state index contributed by atoms with van der Waals surface area (Å²) in [6.07, 6.45) is -4.50. The minimum atomic E-state index is -1.32. The number of nitrogens with one attached hydrogen (secondary N) is 1. The van der Waals surface area contributed by atoms with Crippen LogP contribution in [-0.2, 0) is 9.53 Å². The number of urea groups is 1. The van der Waals surface area contributed by atoms with Crippen LogP contribution in [0, 0.1) is 0 Å². The van der Waals surface area contributed by atoms with Crippen LogP contribution in [0.15, 0.2) is 0 Å². The molecule has 0 spiro atoms. The van der Waals surface area contributed by atoms with Gasteiger partial charge >= 0.3 is 6.03 Å². The predicted octanol–water partition coefficient (Wildman–Crippen LogP) is -2.24. The van der Waals surface area contributed by atoms with Gasteiger partial charge in [0.15, 0.2) is 6.23 Å². The summed E-state index contributed by atoms with van der Waals surface area (Å²) < 4.78 is 5.25. The lowest BCUT2D eigenvalue weighted by atomic mass is 10.1. The molecule has 1 unspecified atom stereocenters. The third-order valence-corrected chi connectivity index (χ3v) is 3.23. The number of rotatable bonds is 2. The van der Waals surface area contributed by atoms with Gasteiger partial charge in [0.05, 0.1) is 6.61 Å². The van der Waals surface area contributed by atoms with E-state index < -0.39 is 49.1 Å². The number of ether oxygens (including phenoxy) is 1. The van der Waals surface area contributed by atoms with Crippen LogP contribution in [0.1, 0.15) is 13.3 Å². The first-order valence-corrected chi connectivity index (χ1v) is 5.70. The van der Waals surface area contributed by atoms with Crippen molar-refractivity contribution in [3.05, 3.63) is 0 Å². The molecule has 18 heavy (non-hydrogen) atoms. The van der Waals surface area contributed by atoms with Gasteiger partial charge in [0.25, 0.3) is 0 Å². The molecule has 2 rings (SSSR count). The average Bonchev–Trinajstić information content (AvgIpc) is 2.56. The van der Waals surface area contributed by atoms with Crippen LogP contribution >= 0.6 is 0 Å². The maximum atomic E-state index is 11.7. The molecule has 0 aromatic heterocycles. The van der Waals surface area contributed by atoms with Gasteiger partial charge in [0, 0.05) is 12.5 Å². The quantitative estimate of drug-likeness (QED) is 0.445. The molecular formula is C10H16N2O6. The molecule has 0 radical (unpaired) electrons. The largest absolute Gasteiger partial charge is 0.394 e. The van der Waals surface area contributed by atoms with Crippen LogP contribution in [0.2, 0.25) is 0 Å². The van der Waals surface area contributed by atoms with E-state index in [-0.39, 0.29) is 6.42 Å². The molecular weight excluding hydrogens is 244 g/mol. The minimum absolute atomic E-state index is 0.0954. The van der Waals surface area contributed by atoms with E-state index in [9.17, 15) is 19.8 Å². The van der Waals surface area contributed by atoms with Crippen LogP contribution in [0.25, 0.3) is 0 Å². The van der Waals surface area contributed by atoms with Gasteiger partial charge in [-0.3, -0.25) is 15.0 Å². The first-order valence-electron chi connectivity index (χ1n) is 5.70. The lowest BCUT2D eigenvalue weighted by molar-refractivity contribution is -0.129. The van der Waals surface area contributed by atoms with Crippen LogP contribution in [0.4, 0.5) is 4.79 Å². The zero-order chi connectivity index (χ0) is 13.4. The fraction of sp³-hybridized carbons (Fsp3) is 0.800. The van der Waals surface area contributed by atoms with Crippen molar-refractivity contribution in [2.75, 3.05) is 6.61 Å². The Morgan fingerprint density at radius 1 is 1.39 bits per heavy atom. The number of amides is 3. The van der Waals surface area contributed by atoms with Gasteiger partial charge in [-0.05, 0) is 6.92 Å². The smallest absolute Gasteiger partial charge is 0.326 e. The van der Waals surface area contributed by atoms with Crippen LogP contribution in [-0.4, -0.2) is 69.3 Å². The highest BCUT2D eigenvalue weighted by Crippen LogP contribution is 2.27. The van der Waals surface area contributed by atoms with Gasteiger partial charge in [0.2, 0.25) is 5.91 Å². The van der Waals surface area contributed by atoms with Crippen molar-refractivity contribution in [3.63, 3.8) is 0 Å². The summed E-state index contributed by atoms with van der Waals surface area (Å²) in [6.45, 7) is 1.18. The molecule has 2 saturated heterocycles. The second-order valence-electron chi connectivity index (χ2n) is 4.54. The molecule has 8 nitrogen and oxygen atoms in total. The maximum Gasteiger partial charge on any atom is 0.326 e. The second kappa shape index (κ2) is 4.81. The van der Waals surface area contributed by atoms with E-state index in [1.165, 1.54) is 4.90 Å². The number of imide groups is 1. The zero-order valence-corrected chi connectivity index (χ0v) is 9.81. The highest BCUT2D eigenvalue weighted by atomic mass is 16.6. The number of hydrogen-bond donors (Lipinski definition) is 4. The zero-order valence-electron chi connectivity index (χ0n) is 9.81. The fourth-order valence-corrected chi connectivity index (χ4v) is 2.28. The Morgan fingerprint density at radius 3 is 2.56 bits per heavy atom. The van der Waals surface area contributed by atoms with E-state index in [4.69, 9.17) is 9.84 Å². The van der Waals surface area contributed by atoms with Crippen molar-refractivity contribution in [1.82, 2.24) is 10.2 Å². The molecule has 3 amide bonds. The molecule has 0 aliphatic carbocycles. The maximum absolute atomic E-state index is 11.7. The van der Waals surface area contributed by atoms with Crippen LogP contribution < -0.4 is 5.32 Å². The summed E-state index contributed by atoms with van der Waals surface area (Å²) in [4.78, 5) is 24.0. The number of hydrogen-bond acceptors (Lipinski definition) is 6. The van der Waals surface area contributed by atoms with E-state index in [1.807, 2.05) is 0 Å². The van der Waals surface area contributed by atoms with Gasteiger partial charge in [-0.2, -0.15) is 0 Å². The first kappa shape index (κ1) is 13.2. The Hall–Kier alpha value is -1.22. The van der Waals surface area contributed by atoms with Gasteiger partial charge in [-0.1, -0.05) is 0 Å². The molecule has 0 bridgehead atoms. The van der Waals surface area contributed by atoms with Crippen LogP contribution in [0.5, 0.6) is 0 Å². The number of carbonyl (C=O) groups is 2. The van der Waals surface area contributed by atoms with E-state index in [0.29, 0.717) is 0 Å². The number of aliphatic hydroxyl groups excluding tert-OH is 3. The Balaban J connectivity index is 2.16. The summed E-state index contributed by atoms with van der Waals surface area (Å²) >= 11 is 0. The highest BCUT2D eigenvalue weighted by molar-refractivity contribution is 5.97. The number of carbonyl (C=O) groups excluding carboxylic acids is 2. The van der Waals surface area contributed by atoms with Gasteiger partial charge < -0.3 is 20.1 Å². The SMILES string of the molecule is CC1CC(=O)NC(=O)N1[C@@H]1O[C@H](CO)[C@@H](O)[C@H]1O. The van der Waals surface area contributed by atoms with E-state index >= 15 is 0 Å². The topological polar surface area (TPSA) is 119 Å². The Kier molecular flexibility index (Phi) is 3.53. The summed E-state index contributed by atoms with van der Waals surface area (Å²) in [7, 11) is 0. The molecule has 0 aromatic carbocycles. The van der Waals surface area contributed by atoms with Crippen molar-refractivity contribution < 1.29 is 29.6 Å². The standard InChI is InChI=1S/C10H16N2O6/c1-4-2-6(14)11-10(17)12(4)9-8(16)7(15)5(3-13)18-9/h4-5,7-9,13,15-16H,2-3H2,1H3,(H,11,14,17)/t4?,5-,7-,8-,9-/m1/s1. The molecule has 2 heterocycles. The Bertz CT molecular complexity index is 362. The van der Waals surface area contributed by atoms with Gasteiger partial charge in [-0.25, -0.2) is 4.79 Å². The third-order valence-electron chi connectivity index (χ3n) is 3.23. The van der Waals surface area contributed by atoms with Gasteiger partial charge in [0.1, 0.15) is 18.3 Å². The summed E-state index contributed by atoms with van der Waals surface area (Å²) in [5.74, 6) is -0.393. The molecule has 0 saturated carbocycles. The Labute approximate surface area is 103 Å². The summed E-state index contributed by atoms with van der Waals surface area (Å²) in [5, 5.41) is 30.5. The molecule has 2 fully saturated rings. The average molecular weight is 260 g/mol. The normalized spacial score (nSPS) is 41.1. The number of nitrogens with zero attached hydrogens (tertiary/aromatic N) is 1. The molecule has 4 N–H and O–H groups in total. The van der Waals surface area contributed by atoms with Crippen molar-refractivity contribution in [3.8, 4) is 0 Å². The Morgan fingerprint density at radius 2 is 2.06 bits per heavy atom. The minimum Gasteiger partial charge on any atom is -0.394 e. The summed E-state index contributed by atoms with van der Waals surface area (Å²) in [5.41, 5.74) is 0. The third kappa shape index (κ3) is 2.07. The number of aliphatic hydroxyl groups is 3. The first-order chi connectivity index (χ1) is 8.45. The molecule has 8 heteroatoms. The lowest BCUT2D eigenvalue weighted by Gasteiger charge is -2.37. The van der Waals surface area contributed by atoms with Crippen molar-refractivity contribution in [1.29, 1.82) is 0 Å². The molecule has 102 valence electrons. The van der Waals surface area contributed by atoms with Crippen molar-refractivity contribution >= 4 is 11.9 Å². The molecule has 2 aliphatic heterocycles. The van der Waals surface area contributed by atoms with E-state index in [2.05, 4.69) is 5.32 Å². The van der Waals surface area contributed by atoms with E-state index in [0.717, 1.165) is 0 Å². The van der Waals surface area contributed by atoms with Gasteiger partial charge in [-0.15, -0.1) is 0 Å². The fourth-order valence-electron chi connectivity index (χ4n) is 2.28. The van der Waals surface area contributed by atoms with E-state index in [1.54, 1.807) is 6.92 Å².